The van der Waals surface area contributed by atoms with Gasteiger partial charge in [-0.25, -0.2) is 0 Å². The van der Waals surface area contributed by atoms with E-state index < -0.39 is 5.91 Å². The Morgan fingerprint density at radius 1 is 1.20 bits per heavy atom. The average Bonchev–Trinajstić information content (AvgIpc) is 2.58. The summed E-state index contributed by atoms with van der Waals surface area (Å²) in [6.07, 6.45) is 3.09. The molecule has 0 fully saturated rings. The molecular weight excluding hydrogens is 346 g/mol. The van der Waals surface area contributed by atoms with E-state index >= 15 is 0 Å². The number of pyridine rings is 1. The fraction of sp³-hybridized carbons (Fsp3) is 0.235. The highest BCUT2D eigenvalue weighted by Crippen LogP contribution is 2.21. The average molecular weight is 364 g/mol. The van der Waals surface area contributed by atoms with Gasteiger partial charge in [0.1, 0.15) is 5.75 Å². The van der Waals surface area contributed by atoms with Crippen LogP contribution in [-0.4, -0.2) is 18.4 Å². The van der Waals surface area contributed by atoms with Gasteiger partial charge in [-0.15, -0.1) is 0 Å². The first kappa shape index (κ1) is 18.5. The number of amides is 2. The number of aromatic nitrogens is 1. The molecular formula is C17H18ClN3O4. The molecule has 2 amide bonds. The van der Waals surface area contributed by atoms with Gasteiger partial charge in [-0.1, -0.05) is 11.6 Å². The maximum atomic E-state index is 11.8. The molecule has 25 heavy (non-hydrogen) atoms. The number of nitrogens with one attached hydrogen (secondary N) is 2. The van der Waals surface area contributed by atoms with Gasteiger partial charge in [0.05, 0.1) is 12.2 Å². The normalized spacial score (nSPS) is 10.2. The number of benzene rings is 1. The van der Waals surface area contributed by atoms with E-state index in [1.165, 1.54) is 24.5 Å². The Hall–Kier alpha value is -2.80. The Labute approximate surface area is 150 Å². The number of ether oxygens (including phenoxy) is 1. The molecule has 0 aliphatic rings. The number of carbonyl (C=O) groups is 2. The molecule has 8 heteroatoms. The van der Waals surface area contributed by atoms with Gasteiger partial charge in [0.2, 0.25) is 5.91 Å². The van der Waals surface area contributed by atoms with Crippen LogP contribution >= 0.6 is 11.6 Å². The predicted octanol–water partition coefficient (Wildman–Crippen LogP) is 1.90. The molecule has 0 aliphatic carbocycles. The van der Waals surface area contributed by atoms with Crippen LogP contribution in [-0.2, 0) is 4.79 Å². The minimum Gasteiger partial charge on any atom is -0.619 e. The van der Waals surface area contributed by atoms with Gasteiger partial charge in [0.25, 0.3) is 5.91 Å². The lowest BCUT2D eigenvalue weighted by Gasteiger charge is -2.10. The van der Waals surface area contributed by atoms with Crippen LogP contribution in [0.15, 0.2) is 42.7 Å². The number of nitrogens with zero attached hydrogens (tertiary/aromatic N) is 1. The summed E-state index contributed by atoms with van der Waals surface area (Å²) in [7, 11) is 0. The molecule has 132 valence electrons. The number of hydrazine groups is 1. The van der Waals surface area contributed by atoms with E-state index in [9.17, 15) is 14.8 Å². The van der Waals surface area contributed by atoms with Gasteiger partial charge in [-0.05, 0) is 37.1 Å². The van der Waals surface area contributed by atoms with Gasteiger partial charge < -0.3 is 9.94 Å². The van der Waals surface area contributed by atoms with Crippen molar-refractivity contribution in [3.05, 3.63) is 64.1 Å². The highest BCUT2D eigenvalue weighted by atomic mass is 35.5. The van der Waals surface area contributed by atoms with Crippen molar-refractivity contribution in [3.63, 3.8) is 0 Å². The summed E-state index contributed by atoms with van der Waals surface area (Å²) in [6, 6.07) is 8.04. The molecule has 2 aromatic rings. The van der Waals surface area contributed by atoms with E-state index in [0.717, 1.165) is 11.3 Å². The van der Waals surface area contributed by atoms with Crippen molar-refractivity contribution in [2.45, 2.75) is 19.8 Å². The van der Waals surface area contributed by atoms with Crippen LogP contribution in [0.5, 0.6) is 5.75 Å². The quantitative estimate of drug-likeness (QED) is 0.355. The summed E-state index contributed by atoms with van der Waals surface area (Å²) in [5, 5.41) is 11.5. The zero-order chi connectivity index (χ0) is 18.2. The minimum absolute atomic E-state index is 0.197. The summed E-state index contributed by atoms with van der Waals surface area (Å²) < 4.78 is 6.16. The molecule has 0 aliphatic heterocycles. The number of carbonyl (C=O) groups excluding carboxylic acids is 2. The molecule has 0 atom stereocenters. The first-order valence-corrected chi connectivity index (χ1v) is 8.00. The van der Waals surface area contributed by atoms with Crippen LogP contribution < -0.4 is 20.3 Å². The topological polar surface area (TPSA) is 94.4 Å². The number of halogens is 1. The lowest BCUT2D eigenvalue weighted by atomic mass is 10.2. The van der Waals surface area contributed by atoms with Gasteiger partial charge >= 0.3 is 0 Å². The Morgan fingerprint density at radius 3 is 2.60 bits per heavy atom. The summed E-state index contributed by atoms with van der Waals surface area (Å²) >= 11 is 5.87. The van der Waals surface area contributed by atoms with Crippen molar-refractivity contribution in [1.82, 2.24) is 10.9 Å². The molecule has 1 heterocycles. The monoisotopic (exact) mass is 363 g/mol. The molecule has 1 aromatic carbocycles. The first-order valence-electron chi connectivity index (χ1n) is 7.62. The number of rotatable bonds is 6. The maximum absolute atomic E-state index is 11.8. The third-order valence-electron chi connectivity index (χ3n) is 3.32. The van der Waals surface area contributed by atoms with Gasteiger partial charge in [-0.2, -0.15) is 4.73 Å². The van der Waals surface area contributed by atoms with Crippen molar-refractivity contribution in [2.24, 2.45) is 0 Å². The third-order valence-corrected chi connectivity index (χ3v) is 3.56. The molecule has 7 nitrogen and oxygen atoms in total. The van der Waals surface area contributed by atoms with E-state index in [4.69, 9.17) is 16.3 Å². The fourth-order valence-corrected chi connectivity index (χ4v) is 2.24. The van der Waals surface area contributed by atoms with Crippen molar-refractivity contribution in [1.29, 1.82) is 0 Å². The summed E-state index contributed by atoms with van der Waals surface area (Å²) in [5.41, 5.74) is 5.80. The minimum atomic E-state index is -0.498. The smallest absolute Gasteiger partial charge is 0.270 e. The van der Waals surface area contributed by atoms with Crippen molar-refractivity contribution in [2.75, 3.05) is 6.61 Å². The zero-order valence-corrected chi connectivity index (χ0v) is 14.4. The Bertz CT molecular complexity index is 750. The van der Waals surface area contributed by atoms with E-state index in [2.05, 4.69) is 10.9 Å². The molecule has 0 spiro atoms. The number of hydrogen-bond acceptors (Lipinski definition) is 4. The van der Waals surface area contributed by atoms with Gasteiger partial charge in [0, 0.05) is 23.6 Å². The van der Waals surface area contributed by atoms with Crippen LogP contribution in [0.4, 0.5) is 0 Å². The fourth-order valence-electron chi connectivity index (χ4n) is 2.01. The highest BCUT2D eigenvalue weighted by molar-refractivity contribution is 6.30. The summed E-state index contributed by atoms with van der Waals surface area (Å²) in [6.45, 7) is 2.26. The lowest BCUT2D eigenvalue weighted by molar-refractivity contribution is -0.605. The number of aryl methyl sites for hydroxylation is 1. The second-order valence-corrected chi connectivity index (χ2v) is 5.75. The van der Waals surface area contributed by atoms with Crippen molar-refractivity contribution in [3.8, 4) is 5.75 Å². The zero-order valence-electron chi connectivity index (χ0n) is 13.6. The Kier molecular flexibility index (Phi) is 6.59. The number of hydrogen-bond donors (Lipinski definition) is 2. The van der Waals surface area contributed by atoms with E-state index in [1.54, 1.807) is 18.2 Å². The second-order valence-electron chi connectivity index (χ2n) is 5.31. The van der Waals surface area contributed by atoms with E-state index in [-0.39, 0.29) is 17.9 Å². The molecule has 2 rings (SSSR count). The summed E-state index contributed by atoms with van der Waals surface area (Å²) in [5.74, 6) is -0.112. The third kappa shape index (κ3) is 5.96. The largest absolute Gasteiger partial charge is 0.619 e. The maximum Gasteiger partial charge on any atom is 0.270 e. The molecule has 0 radical (unpaired) electrons. The first-order chi connectivity index (χ1) is 12.0. The highest BCUT2D eigenvalue weighted by Gasteiger charge is 2.08. The standard InChI is InChI=1S/C17H18ClN3O4/c1-12-11-14(18)4-5-15(12)25-10-2-3-16(22)19-20-17(23)13-6-8-21(24)9-7-13/h4-9,11H,2-3,10H2,1H3,(H,19,22)(H,20,23). The molecule has 0 saturated carbocycles. The molecule has 1 aromatic heterocycles. The summed E-state index contributed by atoms with van der Waals surface area (Å²) in [4.78, 5) is 23.5. The SMILES string of the molecule is Cc1cc(Cl)ccc1OCCCC(=O)NNC(=O)c1cc[n+]([O-])cc1. The second kappa shape index (κ2) is 8.89. The Morgan fingerprint density at radius 2 is 1.92 bits per heavy atom. The van der Waals surface area contributed by atoms with E-state index in [0.29, 0.717) is 22.8 Å². The molecule has 0 unspecified atom stereocenters. The lowest BCUT2D eigenvalue weighted by Crippen LogP contribution is -2.41. The van der Waals surface area contributed by atoms with Crippen molar-refractivity contribution >= 4 is 23.4 Å². The van der Waals surface area contributed by atoms with Crippen LogP contribution in [0.3, 0.4) is 0 Å². The van der Waals surface area contributed by atoms with Crippen LogP contribution in [0.2, 0.25) is 5.02 Å². The molecule has 2 N–H and O–H groups in total. The predicted molar refractivity (Wildman–Crippen MR) is 91.9 cm³/mol. The van der Waals surface area contributed by atoms with Crippen LogP contribution in [0, 0.1) is 12.1 Å². The van der Waals surface area contributed by atoms with Crippen molar-refractivity contribution < 1.29 is 19.1 Å². The van der Waals surface area contributed by atoms with Gasteiger partial charge in [0.15, 0.2) is 12.4 Å². The molecule has 0 saturated heterocycles. The van der Waals surface area contributed by atoms with Crippen LogP contribution in [0.1, 0.15) is 28.8 Å². The molecule has 0 bridgehead atoms. The van der Waals surface area contributed by atoms with E-state index in [1.807, 2.05) is 6.92 Å². The Balaban J connectivity index is 1.67. The van der Waals surface area contributed by atoms with Crippen LogP contribution in [0.25, 0.3) is 0 Å². The van der Waals surface area contributed by atoms with Gasteiger partial charge in [-0.3, -0.25) is 20.4 Å².